The highest BCUT2D eigenvalue weighted by Crippen LogP contribution is 2.40. The number of hydrogen-bond donors (Lipinski definition) is 1. The number of nitrogen functional groups attached to an aromatic ring is 1. The Kier molecular flexibility index (Phi) is 3.69. The topological polar surface area (TPSA) is 38.5 Å². The van der Waals surface area contributed by atoms with Crippen molar-refractivity contribution in [2.45, 2.75) is 33.1 Å². The first-order valence-electron chi connectivity index (χ1n) is 6.82. The predicted molar refractivity (Wildman–Crippen MR) is 77.3 cm³/mol. The van der Waals surface area contributed by atoms with Gasteiger partial charge < -0.3 is 15.4 Å². The summed E-state index contributed by atoms with van der Waals surface area (Å²) in [5.41, 5.74) is 8.38. The Balaban J connectivity index is 2.21. The predicted octanol–water partition coefficient (Wildman–Crippen LogP) is 3.29. The summed E-state index contributed by atoms with van der Waals surface area (Å²) in [4.78, 5) is 2.44. The second kappa shape index (κ2) is 5.09. The number of ether oxygens (including phenoxy) is 1. The standard InChI is InChI=1S/C15H24N2O/c1-4-15(5-2)6-7-17(11-15)13-8-12(16)9-14(10-13)18-3/h8-10H,4-7,11,16H2,1-3H3. The monoisotopic (exact) mass is 248 g/mol. The van der Waals surface area contributed by atoms with Crippen LogP contribution in [0.4, 0.5) is 11.4 Å². The molecule has 100 valence electrons. The van der Waals surface area contributed by atoms with Crippen molar-refractivity contribution in [1.82, 2.24) is 0 Å². The lowest BCUT2D eigenvalue weighted by atomic mass is 9.82. The van der Waals surface area contributed by atoms with Crippen molar-refractivity contribution >= 4 is 11.4 Å². The summed E-state index contributed by atoms with van der Waals surface area (Å²) < 4.78 is 5.29. The van der Waals surface area contributed by atoms with Crippen LogP contribution in [0.25, 0.3) is 0 Å². The van der Waals surface area contributed by atoms with E-state index >= 15 is 0 Å². The molecule has 1 heterocycles. The molecule has 18 heavy (non-hydrogen) atoms. The Hall–Kier alpha value is -1.38. The molecule has 2 N–H and O–H groups in total. The minimum absolute atomic E-state index is 0.484. The van der Waals surface area contributed by atoms with Crippen LogP contribution >= 0.6 is 0 Å². The van der Waals surface area contributed by atoms with Crippen LogP contribution in [0.3, 0.4) is 0 Å². The molecule has 1 aromatic rings. The van der Waals surface area contributed by atoms with Crippen LogP contribution in [0.15, 0.2) is 18.2 Å². The van der Waals surface area contributed by atoms with Gasteiger partial charge in [-0.1, -0.05) is 13.8 Å². The third-order valence-electron chi connectivity index (χ3n) is 4.45. The highest BCUT2D eigenvalue weighted by atomic mass is 16.5. The molecule has 0 amide bonds. The quantitative estimate of drug-likeness (QED) is 0.831. The van der Waals surface area contributed by atoms with Gasteiger partial charge in [0.25, 0.3) is 0 Å². The minimum Gasteiger partial charge on any atom is -0.497 e. The lowest BCUT2D eigenvalue weighted by Crippen LogP contribution is -2.26. The van der Waals surface area contributed by atoms with Crippen LogP contribution in [0, 0.1) is 5.41 Å². The van der Waals surface area contributed by atoms with Gasteiger partial charge in [0, 0.05) is 36.6 Å². The molecule has 0 aliphatic carbocycles. The molecule has 1 saturated heterocycles. The Bertz CT molecular complexity index is 413. The van der Waals surface area contributed by atoms with Crippen molar-refractivity contribution in [3.8, 4) is 5.75 Å². The van der Waals surface area contributed by atoms with Gasteiger partial charge in [-0.3, -0.25) is 0 Å². The average molecular weight is 248 g/mol. The van der Waals surface area contributed by atoms with E-state index in [0.29, 0.717) is 5.41 Å². The summed E-state index contributed by atoms with van der Waals surface area (Å²) in [5, 5.41) is 0. The number of benzene rings is 1. The maximum atomic E-state index is 5.93. The zero-order valence-corrected chi connectivity index (χ0v) is 11.7. The first kappa shape index (κ1) is 13.1. The number of anilines is 2. The number of nitrogens with two attached hydrogens (primary N) is 1. The van der Waals surface area contributed by atoms with Crippen molar-refractivity contribution in [2.24, 2.45) is 5.41 Å². The van der Waals surface area contributed by atoms with Gasteiger partial charge in [0.15, 0.2) is 0 Å². The highest BCUT2D eigenvalue weighted by Gasteiger charge is 2.35. The van der Waals surface area contributed by atoms with E-state index in [9.17, 15) is 0 Å². The summed E-state index contributed by atoms with van der Waals surface area (Å²) in [6, 6.07) is 5.99. The van der Waals surface area contributed by atoms with E-state index in [1.54, 1.807) is 7.11 Å². The fraction of sp³-hybridized carbons (Fsp3) is 0.600. The van der Waals surface area contributed by atoms with E-state index in [0.717, 1.165) is 24.5 Å². The minimum atomic E-state index is 0.484. The molecule has 0 atom stereocenters. The van der Waals surface area contributed by atoms with Crippen LogP contribution in [0.2, 0.25) is 0 Å². The SMILES string of the molecule is CCC1(CC)CCN(c2cc(N)cc(OC)c2)C1. The molecule has 1 fully saturated rings. The lowest BCUT2D eigenvalue weighted by Gasteiger charge is -2.27. The van der Waals surface area contributed by atoms with Crippen LogP contribution in [-0.2, 0) is 0 Å². The number of methoxy groups -OCH3 is 1. The molecule has 2 rings (SSSR count). The van der Waals surface area contributed by atoms with E-state index in [2.05, 4.69) is 24.8 Å². The van der Waals surface area contributed by atoms with Gasteiger partial charge in [0.2, 0.25) is 0 Å². The molecular weight excluding hydrogens is 224 g/mol. The van der Waals surface area contributed by atoms with E-state index in [-0.39, 0.29) is 0 Å². The Morgan fingerprint density at radius 3 is 2.56 bits per heavy atom. The maximum absolute atomic E-state index is 5.93. The lowest BCUT2D eigenvalue weighted by molar-refractivity contribution is 0.301. The van der Waals surface area contributed by atoms with Gasteiger partial charge in [0.1, 0.15) is 5.75 Å². The normalized spacial score (nSPS) is 18.1. The summed E-state index contributed by atoms with van der Waals surface area (Å²) in [5.74, 6) is 0.843. The van der Waals surface area contributed by atoms with Crippen molar-refractivity contribution in [2.75, 3.05) is 30.8 Å². The van der Waals surface area contributed by atoms with Crippen molar-refractivity contribution in [3.05, 3.63) is 18.2 Å². The number of hydrogen-bond acceptors (Lipinski definition) is 3. The first-order chi connectivity index (χ1) is 8.62. The molecule has 1 aromatic carbocycles. The third kappa shape index (κ3) is 2.40. The second-order valence-corrected chi connectivity index (χ2v) is 5.34. The second-order valence-electron chi connectivity index (χ2n) is 5.34. The Labute approximate surface area is 110 Å². The van der Waals surface area contributed by atoms with Gasteiger partial charge >= 0.3 is 0 Å². The molecule has 1 aliphatic heterocycles. The largest absolute Gasteiger partial charge is 0.497 e. The fourth-order valence-corrected chi connectivity index (χ4v) is 2.89. The van der Waals surface area contributed by atoms with Crippen molar-refractivity contribution in [1.29, 1.82) is 0 Å². The average Bonchev–Trinajstić information content (AvgIpc) is 2.83. The van der Waals surface area contributed by atoms with E-state index in [1.807, 2.05) is 12.1 Å². The Morgan fingerprint density at radius 1 is 1.28 bits per heavy atom. The van der Waals surface area contributed by atoms with Crippen LogP contribution in [0.5, 0.6) is 5.75 Å². The van der Waals surface area contributed by atoms with Gasteiger partial charge in [-0.15, -0.1) is 0 Å². The van der Waals surface area contributed by atoms with Crippen LogP contribution in [-0.4, -0.2) is 20.2 Å². The first-order valence-corrected chi connectivity index (χ1v) is 6.82. The van der Waals surface area contributed by atoms with Gasteiger partial charge in [-0.25, -0.2) is 0 Å². The summed E-state index contributed by atoms with van der Waals surface area (Å²) >= 11 is 0. The molecule has 0 bridgehead atoms. The zero-order chi connectivity index (χ0) is 13.2. The molecule has 0 aromatic heterocycles. The van der Waals surface area contributed by atoms with E-state index in [1.165, 1.54) is 24.9 Å². The maximum Gasteiger partial charge on any atom is 0.122 e. The molecule has 0 unspecified atom stereocenters. The zero-order valence-electron chi connectivity index (χ0n) is 11.7. The summed E-state index contributed by atoms with van der Waals surface area (Å²) in [6.07, 6.45) is 3.77. The molecule has 3 heteroatoms. The molecular formula is C15H24N2O. The molecule has 0 saturated carbocycles. The van der Waals surface area contributed by atoms with E-state index < -0.39 is 0 Å². The highest BCUT2D eigenvalue weighted by molar-refractivity contribution is 5.61. The summed E-state index contributed by atoms with van der Waals surface area (Å²) in [7, 11) is 1.69. The molecule has 1 aliphatic rings. The number of rotatable bonds is 4. The van der Waals surface area contributed by atoms with Crippen molar-refractivity contribution < 1.29 is 4.74 Å². The molecule has 3 nitrogen and oxygen atoms in total. The van der Waals surface area contributed by atoms with Crippen molar-refractivity contribution in [3.63, 3.8) is 0 Å². The van der Waals surface area contributed by atoms with Crippen LogP contribution in [0.1, 0.15) is 33.1 Å². The van der Waals surface area contributed by atoms with Gasteiger partial charge in [-0.2, -0.15) is 0 Å². The Morgan fingerprint density at radius 2 is 2.00 bits per heavy atom. The molecule has 0 radical (unpaired) electrons. The summed E-state index contributed by atoms with van der Waals surface area (Å²) in [6.45, 7) is 6.85. The smallest absolute Gasteiger partial charge is 0.122 e. The third-order valence-corrected chi connectivity index (χ3v) is 4.45. The molecule has 0 spiro atoms. The fourth-order valence-electron chi connectivity index (χ4n) is 2.89. The van der Waals surface area contributed by atoms with Crippen LogP contribution < -0.4 is 15.4 Å². The van der Waals surface area contributed by atoms with E-state index in [4.69, 9.17) is 10.5 Å². The van der Waals surface area contributed by atoms with Gasteiger partial charge in [-0.05, 0) is 30.7 Å². The number of nitrogens with zero attached hydrogens (tertiary/aromatic N) is 1. The van der Waals surface area contributed by atoms with Gasteiger partial charge in [0.05, 0.1) is 7.11 Å².